The standard InChI is InChI=1S/C14H17F3N4/c1-13(2,3)18-8-12-9-19-20-21(12)11-6-4-5-10(7-11)14(15,16)17/h4-7,9,18H,8H2,1-3H3. The van der Waals surface area contributed by atoms with E-state index in [2.05, 4.69) is 15.6 Å². The van der Waals surface area contributed by atoms with Crippen molar-refractivity contribution in [3.8, 4) is 5.69 Å². The fourth-order valence-electron chi connectivity index (χ4n) is 1.76. The lowest BCUT2D eigenvalue weighted by atomic mass is 10.1. The Kier molecular flexibility index (Phi) is 4.04. The highest BCUT2D eigenvalue weighted by Gasteiger charge is 2.30. The van der Waals surface area contributed by atoms with Crippen LogP contribution in [0.2, 0.25) is 0 Å². The molecule has 0 aliphatic heterocycles. The van der Waals surface area contributed by atoms with E-state index < -0.39 is 11.7 Å². The maximum atomic E-state index is 12.8. The summed E-state index contributed by atoms with van der Waals surface area (Å²) in [7, 11) is 0. The van der Waals surface area contributed by atoms with E-state index in [4.69, 9.17) is 0 Å². The van der Waals surface area contributed by atoms with Crippen LogP contribution in [0.3, 0.4) is 0 Å². The van der Waals surface area contributed by atoms with Gasteiger partial charge in [0, 0.05) is 12.1 Å². The van der Waals surface area contributed by atoms with Gasteiger partial charge in [0.2, 0.25) is 0 Å². The van der Waals surface area contributed by atoms with Crippen molar-refractivity contribution in [2.24, 2.45) is 0 Å². The maximum Gasteiger partial charge on any atom is 0.416 e. The Hall–Kier alpha value is -1.89. The summed E-state index contributed by atoms with van der Waals surface area (Å²) in [6, 6.07) is 5.04. The van der Waals surface area contributed by atoms with Crippen molar-refractivity contribution >= 4 is 0 Å². The number of halogens is 3. The number of benzene rings is 1. The van der Waals surface area contributed by atoms with Gasteiger partial charge in [-0.2, -0.15) is 13.2 Å². The van der Waals surface area contributed by atoms with E-state index in [9.17, 15) is 13.2 Å². The number of hydrogen-bond acceptors (Lipinski definition) is 3. The second-order valence-electron chi connectivity index (χ2n) is 5.79. The zero-order valence-corrected chi connectivity index (χ0v) is 12.1. The SMILES string of the molecule is CC(C)(C)NCc1cnnn1-c1cccc(C(F)(F)F)c1. The lowest BCUT2D eigenvalue weighted by Gasteiger charge is -2.20. The molecule has 1 heterocycles. The highest BCUT2D eigenvalue weighted by Crippen LogP contribution is 2.30. The van der Waals surface area contributed by atoms with Crippen molar-refractivity contribution in [1.29, 1.82) is 0 Å². The molecule has 7 heteroatoms. The zero-order chi connectivity index (χ0) is 15.7. The molecule has 0 fully saturated rings. The minimum absolute atomic E-state index is 0.108. The second-order valence-corrected chi connectivity index (χ2v) is 5.79. The van der Waals surface area contributed by atoms with Gasteiger partial charge in [0.1, 0.15) is 0 Å². The number of nitrogens with one attached hydrogen (secondary N) is 1. The van der Waals surface area contributed by atoms with Crippen LogP contribution in [0.15, 0.2) is 30.5 Å². The molecule has 0 amide bonds. The number of hydrogen-bond donors (Lipinski definition) is 1. The van der Waals surface area contributed by atoms with Crippen molar-refractivity contribution < 1.29 is 13.2 Å². The summed E-state index contributed by atoms with van der Waals surface area (Å²) in [6.45, 7) is 6.48. The molecule has 4 nitrogen and oxygen atoms in total. The van der Waals surface area contributed by atoms with Gasteiger partial charge in [-0.3, -0.25) is 0 Å². The molecular formula is C14H17F3N4. The van der Waals surface area contributed by atoms with Gasteiger partial charge >= 0.3 is 6.18 Å². The van der Waals surface area contributed by atoms with E-state index in [0.29, 0.717) is 17.9 Å². The quantitative estimate of drug-likeness (QED) is 0.946. The predicted octanol–water partition coefficient (Wildman–Crippen LogP) is 3.17. The van der Waals surface area contributed by atoms with Crippen molar-refractivity contribution in [2.45, 2.75) is 39.0 Å². The number of nitrogens with zero attached hydrogens (tertiary/aromatic N) is 3. The smallest absolute Gasteiger partial charge is 0.306 e. The fraction of sp³-hybridized carbons (Fsp3) is 0.429. The van der Waals surface area contributed by atoms with Gasteiger partial charge in [0.15, 0.2) is 0 Å². The van der Waals surface area contributed by atoms with E-state index in [1.54, 1.807) is 12.3 Å². The third kappa shape index (κ3) is 4.04. The first-order chi connectivity index (χ1) is 9.67. The van der Waals surface area contributed by atoms with Gasteiger partial charge in [-0.1, -0.05) is 11.3 Å². The topological polar surface area (TPSA) is 42.7 Å². The first-order valence-corrected chi connectivity index (χ1v) is 6.49. The number of alkyl halides is 3. The van der Waals surface area contributed by atoms with Crippen LogP contribution >= 0.6 is 0 Å². The molecule has 0 saturated heterocycles. The molecule has 1 N–H and O–H groups in total. The monoisotopic (exact) mass is 298 g/mol. The molecule has 0 atom stereocenters. The largest absolute Gasteiger partial charge is 0.416 e. The molecule has 1 aromatic heterocycles. The minimum Gasteiger partial charge on any atom is -0.306 e. The highest BCUT2D eigenvalue weighted by molar-refractivity contribution is 5.37. The summed E-state index contributed by atoms with van der Waals surface area (Å²) in [5.74, 6) is 0. The summed E-state index contributed by atoms with van der Waals surface area (Å²) in [4.78, 5) is 0. The van der Waals surface area contributed by atoms with Crippen molar-refractivity contribution in [3.05, 3.63) is 41.7 Å². The molecule has 2 aromatic rings. The number of rotatable bonds is 3. The molecular weight excluding hydrogens is 281 g/mol. The van der Waals surface area contributed by atoms with E-state index in [1.165, 1.54) is 10.7 Å². The number of aromatic nitrogens is 3. The highest BCUT2D eigenvalue weighted by atomic mass is 19.4. The summed E-state index contributed by atoms with van der Waals surface area (Å²) < 4.78 is 39.7. The summed E-state index contributed by atoms with van der Waals surface area (Å²) in [6.07, 6.45) is -2.83. The molecule has 0 unspecified atom stereocenters. The Morgan fingerprint density at radius 3 is 2.52 bits per heavy atom. The zero-order valence-electron chi connectivity index (χ0n) is 12.1. The van der Waals surface area contributed by atoms with Crippen LogP contribution in [0.4, 0.5) is 13.2 Å². The Morgan fingerprint density at radius 1 is 1.19 bits per heavy atom. The van der Waals surface area contributed by atoms with Crippen LogP contribution in [0.25, 0.3) is 5.69 Å². The van der Waals surface area contributed by atoms with E-state index in [1.807, 2.05) is 20.8 Å². The summed E-state index contributed by atoms with van der Waals surface area (Å²) >= 11 is 0. The van der Waals surface area contributed by atoms with Crippen LogP contribution in [0.5, 0.6) is 0 Å². The molecule has 0 aliphatic carbocycles. The van der Waals surface area contributed by atoms with Gasteiger partial charge in [-0.15, -0.1) is 5.10 Å². The van der Waals surface area contributed by atoms with Crippen LogP contribution < -0.4 is 5.32 Å². The molecule has 2 rings (SSSR count). The van der Waals surface area contributed by atoms with Gasteiger partial charge < -0.3 is 5.32 Å². The third-order valence-corrected chi connectivity index (χ3v) is 2.84. The Bertz CT molecular complexity index is 611. The van der Waals surface area contributed by atoms with Crippen LogP contribution in [-0.4, -0.2) is 20.5 Å². The summed E-state index contributed by atoms with van der Waals surface area (Å²) in [5, 5.41) is 10.9. The fourth-order valence-corrected chi connectivity index (χ4v) is 1.76. The average molecular weight is 298 g/mol. The molecule has 0 radical (unpaired) electrons. The van der Waals surface area contributed by atoms with Crippen molar-refractivity contribution in [3.63, 3.8) is 0 Å². The third-order valence-electron chi connectivity index (χ3n) is 2.84. The lowest BCUT2D eigenvalue weighted by Crippen LogP contribution is -2.35. The van der Waals surface area contributed by atoms with Gasteiger partial charge in [0.25, 0.3) is 0 Å². The average Bonchev–Trinajstić information content (AvgIpc) is 2.83. The van der Waals surface area contributed by atoms with Gasteiger partial charge in [0.05, 0.1) is 23.1 Å². The van der Waals surface area contributed by atoms with E-state index >= 15 is 0 Å². The molecule has 0 bridgehead atoms. The Labute approximate surface area is 121 Å². The van der Waals surface area contributed by atoms with Crippen LogP contribution in [-0.2, 0) is 12.7 Å². The molecule has 114 valence electrons. The van der Waals surface area contributed by atoms with Gasteiger partial charge in [-0.25, -0.2) is 4.68 Å². The maximum absolute atomic E-state index is 12.8. The van der Waals surface area contributed by atoms with Crippen molar-refractivity contribution in [2.75, 3.05) is 0 Å². The molecule has 0 aliphatic rings. The molecule has 1 aromatic carbocycles. The Balaban J connectivity index is 2.29. The minimum atomic E-state index is -4.37. The molecule has 0 saturated carbocycles. The van der Waals surface area contributed by atoms with Crippen LogP contribution in [0, 0.1) is 0 Å². The van der Waals surface area contributed by atoms with Crippen molar-refractivity contribution in [1.82, 2.24) is 20.3 Å². The molecule has 21 heavy (non-hydrogen) atoms. The first-order valence-electron chi connectivity index (χ1n) is 6.49. The second kappa shape index (κ2) is 5.48. The first kappa shape index (κ1) is 15.5. The van der Waals surface area contributed by atoms with Gasteiger partial charge in [-0.05, 0) is 39.0 Å². The summed E-state index contributed by atoms with van der Waals surface area (Å²) in [5.41, 5.74) is 0.227. The Morgan fingerprint density at radius 2 is 1.90 bits per heavy atom. The van der Waals surface area contributed by atoms with E-state index in [0.717, 1.165) is 12.1 Å². The lowest BCUT2D eigenvalue weighted by molar-refractivity contribution is -0.137. The predicted molar refractivity (Wildman–Crippen MR) is 73.0 cm³/mol. The molecule has 0 spiro atoms. The normalized spacial score (nSPS) is 12.7. The van der Waals surface area contributed by atoms with E-state index in [-0.39, 0.29) is 5.54 Å². The van der Waals surface area contributed by atoms with Crippen LogP contribution in [0.1, 0.15) is 32.0 Å².